The zero-order valence-corrected chi connectivity index (χ0v) is 28.3. The number of fused-ring (bicyclic) bond motifs is 1. The molecule has 13 heteroatoms. The van der Waals surface area contributed by atoms with Crippen molar-refractivity contribution < 1.29 is 52.8 Å². The highest BCUT2D eigenvalue weighted by molar-refractivity contribution is 5.98. The van der Waals surface area contributed by atoms with Crippen LogP contribution in [0.1, 0.15) is 74.7 Å². The van der Waals surface area contributed by atoms with Crippen molar-refractivity contribution in [1.29, 1.82) is 0 Å². The minimum Gasteiger partial charge on any atom is -0.462 e. The zero-order chi connectivity index (χ0) is 35.2. The average Bonchev–Trinajstić information content (AvgIpc) is 4.04. The summed E-state index contributed by atoms with van der Waals surface area (Å²) in [5, 5.41) is 11.8. The van der Waals surface area contributed by atoms with Gasteiger partial charge in [-0.15, -0.1) is 0 Å². The van der Waals surface area contributed by atoms with E-state index < -0.39 is 59.6 Å². The van der Waals surface area contributed by atoms with Crippen molar-refractivity contribution in [3.05, 3.63) is 53.1 Å². The monoisotopic (exact) mass is 692 g/mol. The van der Waals surface area contributed by atoms with Crippen molar-refractivity contribution in [2.45, 2.75) is 95.0 Å². The molecule has 3 aliphatic carbocycles. The second-order valence-electron chi connectivity index (χ2n) is 14.8. The minimum atomic E-state index is -0.983. The molecule has 13 nitrogen and oxygen atoms in total. The highest BCUT2D eigenvalue weighted by Gasteiger charge is 2.64. The molecular formula is C37H44N2O11. The molecule has 5 atom stereocenters. The molecule has 50 heavy (non-hydrogen) atoms. The molecule has 7 rings (SSSR count). The van der Waals surface area contributed by atoms with Crippen LogP contribution in [0.5, 0.6) is 0 Å². The van der Waals surface area contributed by atoms with Crippen LogP contribution in [0.3, 0.4) is 0 Å². The van der Waals surface area contributed by atoms with E-state index in [0.717, 1.165) is 25.7 Å². The van der Waals surface area contributed by atoms with Crippen molar-refractivity contribution >= 4 is 35.8 Å². The van der Waals surface area contributed by atoms with Gasteiger partial charge in [-0.2, -0.15) is 0 Å². The first-order valence-electron chi connectivity index (χ1n) is 17.6. The molecule has 5 unspecified atom stereocenters. The molecule has 268 valence electrons. The fourth-order valence-electron chi connectivity index (χ4n) is 7.51. The number of benzene rings is 1. The zero-order valence-electron chi connectivity index (χ0n) is 28.3. The van der Waals surface area contributed by atoms with E-state index in [1.807, 2.05) is 0 Å². The Morgan fingerprint density at radius 1 is 1.02 bits per heavy atom. The fourth-order valence-corrected chi connectivity index (χ4v) is 7.51. The molecule has 2 amide bonds. The van der Waals surface area contributed by atoms with Crippen molar-refractivity contribution in [1.82, 2.24) is 10.2 Å². The standard InChI is InChI=1S/C37H44N2O11/c1-36(2)20-46-35(45)31(36)48-29(41)14-7-21-5-8-22(9-6-21)34(44)47-27-18-23(33(43)39-16-3-4-26(39)32(42)38-15-17-40)19-28-30(27)50-37(49-28,24-10-11-24)25-12-13-25/h5-9,14,19,24-28,30-31,40H,3-4,10-13,15-18,20H2,1-2H3,(H,38,42). The highest BCUT2D eigenvalue weighted by atomic mass is 16.8. The summed E-state index contributed by atoms with van der Waals surface area (Å²) in [6, 6.07) is 5.83. The number of amides is 2. The Kier molecular flexibility index (Phi) is 9.33. The number of likely N-dealkylation sites (tertiary alicyclic amines) is 1. The summed E-state index contributed by atoms with van der Waals surface area (Å²) in [4.78, 5) is 66.2. The third-order valence-corrected chi connectivity index (χ3v) is 10.5. The summed E-state index contributed by atoms with van der Waals surface area (Å²) < 4.78 is 29.8. The van der Waals surface area contributed by atoms with Crippen LogP contribution in [-0.4, -0.2) is 102 Å². The van der Waals surface area contributed by atoms with E-state index in [1.54, 1.807) is 49.1 Å². The van der Waals surface area contributed by atoms with E-state index in [0.29, 0.717) is 30.5 Å². The maximum absolute atomic E-state index is 14.0. The number of cyclic esters (lactones) is 1. The Morgan fingerprint density at radius 2 is 1.74 bits per heavy atom. The van der Waals surface area contributed by atoms with Gasteiger partial charge in [-0.05, 0) is 68.4 Å². The summed E-state index contributed by atoms with van der Waals surface area (Å²) in [6.45, 7) is 4.08. The van der Waals surface area contributed by atoms with Gasteiger partial charge in [0, 0.05) is 48.4 Å². The molecule has 0 spiro atoms. The molecule has 3 heterocycles. The number of aliphatic hydroxyl groups excluding tert-OH is 1. The van der Waals surface area contributed by atoms with Gasteiger partial charge in [-0.3, -0.25) is 9.59 Å². The first kappa shape index (κ1) is 34.4. The molecule has 1 aromatic rings. The molecule has 0 aromatic heterocycles. The number of ether oxygens (including phenoxy) is 5. The number of carbonyl (C=O) groups is 5. The quantitative estimate of drug-likeness (QED) is 0.199. The van der Waals surface area contributed by atoms with Crippen LogP contribution in [-0.2, 0) is 42.9 Å². The smallest absolute Gasteiger partial charge is 0.348 e. The maximum atomic E-state index is 14.0. The lowest BCUT2D eigenvalue weighted by Gasteiger charge is -2.33. The van der Waals surface area contributed by atoms with Gasteiger partial charge in [0.15, 0.2) is 5.79 Å². The predicted octanol–water partition coefficient (Wildman–Crippen LogP) is 2.45. The highest BCUT2D eigenvalue weighted by Crippen LogP contribution is 2.59. The van der Waals surface area contributed by atoms with Crippen molar-refractivity contribution in [3.63, 3.8) is 0 Å². The number of aliphatic hydroxyl groups is 1. The van der Waals surface area contributed by atoms with E-state index in [4.69, 9.17) is 28.8 Å². The number of nitrogens with one attached hydrogen (secondary N) is 1. The third kappa shape index (κ3) is 6.82. The van der Waals surface area contributed by atoms with E-state index in [1.165, 1.54) is 12.2 Å². The summed E-state index contributed by atoms with van der Waals surface area (Å²) >= 11 is 0. The lowest BCUT2D eigenvalue weighted by Crippen LogP contribution is -2.49. The average molecular weight is 693 g/mol. The van der Waals surface area contributed by atoms with Gasteiger partial charge in [0.05, 0.1) is 12.2 Å². The first-order chi connectivity index (χ1) is 24.0. The van der Waals surface area contributed by atoms with Crippen LogP contribution in [0.25, 0.3) is 6.08 Å². The number of esters is 3. The molecule has 1 aromatic carbocycles. The van der Waals surface area contributed by atoms with E-state index in [-0.39, 0.29) is 55.4 Å². The number of carbonyl (C=O) groups excluding carboxylic acids is 5. The number of nitrogens with zero attached hydrogens (tertiary/aromatic N) is 1. The molecule has 3 aliphatic heterocycles. The summed E-state index contributed by atoms with van der Waals surface area (Å²) in [7, 11) is 0. The molecule has 0 radical (unpaired) electrons. The lowest BCUT2D eigenvalue weighted by molar-refractivity contribution is -0.209. The summed E-state index contributed by atoms with van der Waals surface area (Å²) in [5.41, 5.74) is 0.688. The largest absolute Gasteiger partial charge is 0.462 e. The van der Waals surface area contributed by atoms with E-state index in [9.17, 15) is 24.0 Å². The van der Waals surface area contributed by atoms with Crippen LogP contribution in [0, 0.1) is 17.3 Å². The van der Waals surface area contributed by atoms with Gasteiger partial charge >= 0.3 is 17.9 Å². The normalized spacial score (nSPS) is 29.7. The number of hydrogen-bond acceptors (Lipinski definition) is 11. The van der Waals surface area contributed by atoms with Gasteiger partial charge in [-0.1, -0.05) is 26.0 Å². The van der Waals surface area contributed by atoms with Crippen LogP contribution >= 0.6 is 0 Å². The number of rotatable bonds is 11. The van der Waals surface area contributed by atoms with Gasteiger partial charge in [-0.25, -0.2) is 14.4 Å². The molecule has 2 N–H and O–H groups in total. The van der Waals surface area contributed by atoms with Crippen molar-refractivity contribution in [2.24, 2.45) is 17.3 Å². The molecule has 3 saturated heterocycles. The van der Waals surface area contributed by atoms with Gasteiger partial charge in [0.2, 0.25) is 17.9 Å². The van der Waals surface area contributed by atoms with Crippen molar-refractivity contribution in [2.75, 3.05) is 26.3 Å². The SMILES string of the molecule is CC1(C)COC(=O)C1OC(=O)C=Cc1ccc(C(=O)OC2CC(C(=O)N3CCCC3C(=O)NCCO)=CC3OC(C4CC4)(C4CC4)OC32)cc1. The lowest BCUT2D eigenvalue weighted by atomic mass is 9.90. The molecule has 6 aliphatic rings. The third-order valence-electron chi connectivity index (χ3n) is 10.5. The van der Waals surface area contributed by atoms with Crippen LogP contribution in [0.2, 0.25) is 0 Å². The van der Waals surface area contributed by atoms with Crippen LogP contribution in [0.15, 0.2) is 42.0 Å². The Morgan fingerprint density at radius 3 is 2.38 bits per heavy atom. The molecular weight excluding hydrogens is 648 g/mol. The molecule has 5 fully saturated rings. The minimum absolute atomic E-state index is 0.107. The Labute approximate surface area is 290 Å². The summed E-state index contributed by atoms with van der Waals surface area (Å²) in [6.07, 6.45) is 6.86. The Balaban J connectivity index is 1.05. The van der Waals surface area contributed by atoms with Crippen LogP contribution < -0.4 is 5.32 Å². The molecule has 2 saturated carbocycles. The molecule has 0 bridgehead atoms. The van der Waals surface area contributed by atoms with Gasteiger partial charge in [0.25, 0.3) is 0 Å². The number of hydrogen-bond donors (Lipinski definition) is 2. The Hall–Kier alpha value is -4.07. The maximum Gasteiger partial charge on any atom is 0.348 e. The second-order valence-corrected chi connectivity index (χ2v) is 14.8. The van der Waals surface area contributed by atoms with E-state index >= 15 is 0 Å². The first-order valence-corrected chi connectivity index (χ1v) is 17.6. The van der Waals surface area contributed by atoms with Gasteiger partial charge in [0.1, 0.15) is 31.0 Å². The van der Waals surface area contributed by atoms with Crippen LogP contribution in [0.4, 0.5) is 0 Å². The predicted molar refractivity (Wildman–Crippen MR) is 175 cm³/mol. The Bertz CT molecular complexity index is 1580. The van der Waals surface area contributed by atoms with E-state index in [2.05, 4.69) is 5.32 Å². The second kappa shape index (κ2) is 13.6. The fraction of sp³-hybridized carbons (Fsp3) is 0.595. The topological polar surface area (TPSA) is 167 Å². The van der Waals surface area contributed by atoms with Crippen molar-refractivity contribution in [3.8, 4) is 0 Å². The van der Waals surface area contributed by atoms with Gasteiger partial charge < -0.3 is 39.0 Å². The summed E-state index contributed by atoms with van der Waals surface area (Å²) in [5.74, 6) is -2.68.